The predicted octanol–water partition coefficient (Wildman–Crippen LogP) is 5.42. The molecule has 0 saturated heterocycles. The van der Waals surface area contributed by atoms with Gasteiger partial charge in [-0.15, -0.1) is 0 Å². The first-order valence-electron chi connectivity index (χ1n) is 9.47. The van der Waals surface area contributed by atoms with E-state index < -0.39 is 0 Å². The third-order valence-electron chi connectivity index (χ3n) is 4.68. The lowest BCUT2D eigenvalue weighted by atomic mass is 9.90. The highest BCUT2D eigenvalue weighted by molar-refractivity contribution is 7.07. The van der Waals surface area contributed by atoms with Gasteiger partial charge in [-0.2, -0.15) is 9.36 Å². The molecule has 0 unspecified atom stereocenters. The predicted molar refractivity (Wildman–Crippen MR) is 111 cm³/mol. The van der Waals surface area contributed by atoms with E-state index in [0.29, 0.717) is 10.6 Å². The lowest BCUT2D eigenvalue weighted by Crippen LogP contribution is -2.20. The van der Waals surface area contributed by atoms with Crippen molar-refractivity contribution in [2.45, 2.75) is 60.8 Å². The number of hydrogen-bond donors (Lipinski definition) is 0. The van der Waals surface area contributed by atoms with Crippen LogP contribution in [0.2, 0.25) is 0 Å². The van der Waals surface area contributed by atoms with Gasteiger partial charge in [0.05, 0.1) is 0 Å². The molecule has 4 nitrogen and oxygen atoms in total. The first-order chi connectivity index (χ1) is 12.2. The SMILES string of the molecule is CCN(C)CCc1cc(C)c(Oc2nc(CCC(C)(C)C)ns2)cc1C. The Hall–Kier alpha value is -1.46. The molecule has 0 saturated carbocycles. The standard InChI is InChI=1S/C21H33N3OS/c1-8-24(7)12-10-17-13-16(3)18(14-15(17)2)25-20-22-19(23-26-20)9-11-21(4,5)6/h13-14H,8-12H2,1-7H3. The van der Waals surface area contributed by atoms with Crippen LogP contribution in [-0.4, -0.2) is 34.4 Å². The van der Waals surface area contributed by atoms with Gasteiger partial charge >= 0.3 is 0 Å². The highest BCUT2D eigenvalue weighted by Crippen LogP contribution is 2.30. The second-order valence-electron chi connectivity index (χ2n) is 8.33. The Morgan fingerprint density at radius 1 is 1.12 bits per heavy atom. The van der Waals surface area contributed by atoms with Crippen molar-refractivity contribution < 1.29 is 4.74 Å². The van der Waals surface area contributed by atoms with Crippen LogP contribution in [0.15, 0.2) is 12.1 Å². The number of hydrogen-bond acceptors (Lipinski definition) is 5. The minimum absolute atomic E-state index is 0.293. The Kier molecular flexibility index (Phi) is 7.18. The average molecular weight is 376 g/mol. The van der Waals surface area contributed by atoms with Crippen molar-refractivity contribution in [1.29, 1.82) is 0 Å². The van der Waals surface area contributed by atoms with Crippen molar-refractivity contribution in [3.8, 4) is 10.9 Å². The van der Waals surface area contributed by atoms with Gasteiger partial charge in [-0.25, -0.2) is 0 Å². The Morgan fingerprint density at radius 3 is 2.50 bits per heavy atom. The molecule has 0 aliphatic carbocycles. The maximum atomic E-state index is 6.04. The minimum atomic E-state index is 0.293. The summed E-state index contributed by atoms with van der Waals surface area (Å²) in [4.78, 5) is 6.88. The maximum Gasteiger partial charge on any atom is 0.298 e. The van der Waals surface area contributed by atoms with E-state index in [-0.39, 0.29) is 0 Å². The summed E-state index contributed by atoms with van der Waals surface area (Å²) < 4.78 is 10.5. The van der Waals surface area contributed by atoms with Crippen LogP contribution in [0.1, 0.15) is 56.6 Å². The van der Waals surface area contributed by atoms with E-state index in [4.69, 9.17) is 4.74 Å². The van der Waals surface area contributed by atoms with Gasteiger partial charge in [0.2, 0.25) is 0 Å². The first kappa shape index (κ1) is 20.8. The molecule has 0 bridgehead atoms. The lowest BCUT2D eigenvalue weighted by molar-refractivity contribution is 0.357. The van der Waals surface area contributed by atoms with Crippen LogP contribution >= 0.6 is 11.5 Å². The summed E-state index contributed by atoms with van der Waals surface area (Å²) in [6.45, 7) is 15.3. The van der Waals surface area contributed by atoms with Gasteiger partial charge < -0.3 is 9.64 Å². The number of rotatable bonds is 8. The monoisotopic (exact) mass is 375 g/mol. The van der Waals surface area contributed by atoms with Gasteiger partial charge in [-0.3, -0.25) is 0 Å². The molecule has 26 heavy (non-hydrogen) atoms. The van der Waals surface area contributed by atoms with E-state index >= 15 is 0 Å². The Labute approximate surface area is 162 Å². The van der Waals surface area contributed by atoms with Crippen molar-refractivity contribution in [2.75, 3.05) is 20.1 Å². The fourth-order valence-corrected chi connectivity index (χ4v) is 3.25. The zero-order chi connectivity index (χ0) is 19.3. The maximum absolute atomic E-state index is 6.04. The smallest absolute Gasteiger partial charge is 0.298 e. The quantitative estimate of drug-likeness (QED) is 0.617. The Bertz CT molecular complexity index is 719. The highest BCUT2D eigenvalue weighted by Gasteiger charge is 2.14. The second kappa shape index (κ2) is 8.96. The molecule has 0 aliphatic rings. The van der Waals surface area contributed by atoms with Crippen molar-refractivity contribution in [1.82, 2.24) is 14.3 Å². The highest BCUT2D eigenvalue weighted by atomic mass is 32.1. The van der Waals surface area contributed by atoms with Crippen LogP contribution in [-0.2, 0) is 12.8 Å². The molecular formula is C21H33N3OS. The van der Waals surface area contributed by atoms with Crippen molar-refractivity contribution in [2.24, 2.45) is 5.41 Å². The summed E-state index contributed by atoms with van der Waals surface area (Å²) in [5.41, 5.74) is 4.10. The van der Waals surface area contributed by atoms with Crippen LogP contribution in [0.3, 0.4) is 0 Å². The average Bonchev–Trinajstić information content (AvgIpc) is 3.01. The molecule has 2 rings (SSSR count). The van der Waals surface area contributed by atoms with Gasteiger partial charge in [-0.05, 0) is 68.5 Å². The van der Waals surface area contributed by atoms with Gasteiger partial charge in [0.15, 0.2) is 0 Å². The lowest BCUT2D eigenvalue weighted by Gasteiger charge is -2.16. The molecule has 0 spiro atoms. The molecule has 0 aliphatic heterocycles. The minimum Gasteiger partial charge on any atom is -0.430 e. The molecule has 1 aromatic carbocycles. The third-order valence-corrected chi connectivity index (χ3v) is 5.31. The molecule has 0 amide bonds. The topological polar surface area (TPSA) is 38.2 Å². The number of benzene rings is 1. The van der Waals surface area contributed by atoms with E-state index in [0.717, 1.165) is 49.5 Å². The molecule has 0 N–H and O–H groups in total. The van der Waals surface area contributed by atoms with Gasteiger partial charge in [0.25, 0.3) is 5.19 Å². The zero-order valence-corrected chi connectivity index (χ0v) is 18.2. The molecule has 2 aromatic rings. The fraction of sp³-hybridized carbons (Fsp3) is 0.619. The van der Waals surface area contributed by atoms with Gasteiger partial charge in [0, 0.05) is 24.5 Å². The third kappa shape index (κ3) is 6.36. The number of nitrogens with zero attached hydrogens (tertiary/aromatic N) is 3. The van der Waals surface area contributed by atoms with Crippen LogP contribution in [0.25, 0.3) is 0 Å². The molecule has 1 aromatic heterocycles. The molecular weight excluding hydrogens is 342 g/mol. The summed E-state index contributed by atoms with van der Waals surface area (Å²) in [7, 11) is 2.16. The summed E-state index contributed by atoms with van der Waals surface area (Å²) in [5, 5.41) is 0.634. The van der Waals surface area contributed by atoms with Crippen LogP contribution in [0.5, 0.6) is 10.9 Å². The second-order valence-corrected chi connectivity index (χ2v) is 9.04. The van der Waals surface area contributed by atoms with Crippen molar-refractivity contribution in [3.63, 3.8) is 0 Å². The largest absolute Gasteiger partial charge is 0.430 e. The summed E-state index contributed by atoms with van der Waals surface area (Å²) in [5.74, 6) is 1.77. The molecule has 5 heteroatoms. The van der Waals surface area contributed by atoms with E-state index in [1.165, 1.54) is 22.7 Å². The van der Waals surface area contributed by atoms with E-state index in [1.807, 2.05) is 0 Å². The molecule has 0 atom stereocenters. The number of aryl methyl sites for hydroxylation is 3. The molecule has 0 fully saturated rings. The van der Waals surface area contributed by atoms with Crippen LogP contribution in [0.4, 0.5) is 0 Å². The summed E-state index contributed by atoms with van der Waals surface area (Å²) in [6, 6.07) is 4.38. The number of likely N-dealkylation sites (N-methyl/N-ethyl adjacent to an activating group) is 1. The fourth-order valence-electron chi connectivity index (χ4n) is 2.66. The summed E-state index contributed by atoms with van der Waals surface area (Å²) >= 11 is 1.34. The summed E-state index contributed by atoms with van der Waals surface area (Å²) in [6.07, 6.45) is 3.03. The normalized spacial score (nSPS) is 12.0. The Balaban J connectivity index is 2.03. The first-order valence-corrected chi connectivity index (χ1v) is 10.2. The van der Waals surface area contributed by atoms with Gasteiger partial charge in [-0.1, -0.05) is 33.8 Å². The van der Waals surface area contributed by atoms with Crippen molar-refractivity contribution in [3.05, 3.63) is 34.6 Å². The van der Waals surface area contributed by atoms with E-state index in [2.05, 4.69) is 75.0 Å². The Morgan fingerprint density at radius 2 is 1.85 bits per heavy atom. The van der Waals surface area contributed by atoms with E-state index in [9.17, 15) is 0 Å². The number of aromatic nitrogens is 2. The van der Waals surface area contributed by atoms with E-state index in [1.54, 1.807) is 0 Å². The number of ether oxygens (including phenoxy) is 1. The van der Waals surface area contributed by atoms with Gasteiger partial charge in [0.1, 0.15) is 11.6 Å². The molecule has 144 valence electrons. The molecule has 1 heterocycles. The van der Waals surface area contributed by atoms with Crippen LogP contribution < -0.4 is 4.74 Å². The van der Waals surface area contributed by atoms with Crippen LogP contribution in [0, 0.1) is 19.3 Å². The zero-order valence-electron chi connectivity index (χ0n) is 17.3. The molecule has 0 radical (unpaired) electrons. The van der Waals surface area contributed by atoms with Crippen molar-refractivity contribution >= 4 is 11.5 Å².